The van der Waals surface area contributed by atoms with Gasteiger partial charge < -0.3 is 14.8 Å². The highest BCUT2D eigenvalue weighted by atomic mass is 19.1. The van der Waals surface area contributed by atoms with Gasteiger partial charge in [0.1, 0.15) is 11.6 Å². The molecule has 2 aromatic carbocycles. The van der Waals surface area contributed by atoms with E-state index in [-0.39, 0.29) is 19.0 Å². The molecule has 1 N–H and O–H groups in total. The lowest BCUT2D eigenvalue weighted by molar-refractivity contribution is -0.150. The molecule has 0 unspecified atom stereocenters. The first-order valence-corrected chi connectivity index (χ1v) is 7.36. The molecule has 7 heteroatoms. The molecule has 0 radical (unpaired) electrons. The van der Waals surface area contributed by atoms with Crippen LogP contribution in [0.1, 0.15) is 11.1 Å². The van der Waals surface area contributed by atoms with Gasteiger partial charge in [-0.15, -0.1) is 0 Å². The zero-order valence-corrected chi connectivity index (χ0v) is 13.2. The van der Waals surface area contributed by atoms with Gasteiger partial charge in [0.05, 0.1) is 11.6 Å². The van der Waals surface area contributed by atoms with Gasteiger partial charge >= 0.3 is 5.97 Å². The minimum absolute atomic E-state index is 0.207. The van der Waals surface area contributed by atoms with Crippen molar-refractivity contribution >= 4 is 11.9 Å². The van der Waals surface area contributed by atoms with Crippen LogP contribution in [0.15, 0.2) is 48.5 Å². The van der Waals surface area contributed by atoms with E-state index in [1.54, 1.807) is 36.4 Å². The highest BCUT2D eigenvalue weighted by Crippen LogP contribution is 2.11. The molecule has 1 amide bonds. The standard InChI is InChI=1S/C18H15FN2O4/c19-15-5-1-14(2-6-15)10-21-17(22)11-25-18(23)12-24-16-7-3-13(9-20)4-8-16/h1-8H,10-12H2,(H,21,22). The molecule has 0 bridgehead atoms. The summed E-state index contributed by atoms with van der Waals surface area (Å²) in [7, 11) is 0. The third kappa shape index (κ3) is 6.31. The Morgan fingerprint density at radius 3 is 2.36 bits per heavy atom. The second kappa shape index (κ2) is 9.03. The Bertz CT molecular complexity index is 767. The lowest BCUT2D eigenvalue weighted by Gasteiger charge is -2.08. The van der Waals surface area contributed by atoms with E-state index >= 15 is 0 Å². The predicted molar refractivity (Wildman–Crippen MR) is 85.9 cm³/mol. The summed E-state index contributed by atoms with van der Waals surface area (Å²) in [5, 5.41) is 11.2. The fourth-order valence-electron chi connectivity index (χ4n) is 1.81. The number of hydrogen-bond donors (Lipinski definition) is 1. The van der Waals surface area contributed by atoms with Crippen molar-refractivity contribution in [3.8, 4) is 11.8 Å². The second-order valence-corrected chi connectivity index (χ2v) is 4.99. The van der Waals surface area contributed by atoms with Crippen LogP contribution in [0, 0.1) is 17.1 Å². The number of carbonyl (C=O) groups excluding carboxylic acids is 2. The van der Waals surface area contributed by atoms with Crippen LogP contribution in [0.25, 0.3) is 0 Å². The van der Waals surface area contributed by atoms with E-state index in [1.807, 2.05) is 6.07 Å². The van der Waals surface area contributed by atoms with Crippen LogP contribution in [-0.2, 0) is 20.9 Å². The van der Waals surface area contributed by atoms with Crippen LogP contribution in [0.2, 0.25) is 0 Å². The van der Waals surface area contributed by atoms with Crippen LogP contribution >= 0.6 is 0 Å². The Balaban J connectivity index is 1.65. The molecule has 0 heterocycles. The number of rotatable bonds is 7. The molecule has 0 aromatic heterocycles. The van der Waals surface area contributed by atoms with Crippen molar-refractivity contribution in [3.63, 3.8) is 0 Å². The molecular weight excluding hydrogens is 327 g/mol. The van der Waals surface area contributed by atoms with E-state index in [4.69, 9.17) is 14.7 Å². The average molecular weight is 342 g/mol. The van der Waals surface area contributed by atoms with Gasteiger partial charge in [-0.3, -0.25) is 4.79 Å². The number of ether oxygens (including phenoxy) is 2. The predicted octanol–water partition coefficient (Wildman–Crippen LogP) is 1.94. The topological polar surface area (TPSA) is 88.4 Å². The van der Waals surface area contributed by atoms with Crippen molar-refractivity contribution in [1.29, 1.82) is 5.26 Å². The quantitative estimate of drug-likeness (QED) is 0.777. The van der Waals surface area contributed by atoms with E-state index in [0.29, 0.717) is 11.3 Å². The second-order valence-electron chi connectivity index (χ2n) is 4.99. The van der Waals surface area contributed by atoms with Gasteiger partial charge in [-0.05, 0) is 42.0 Å². The molecule has 128 valence electrons. The number of carbonyl (C=O) groups is 2. The van der Waals surface area contributed by atoms with Crippen LogP contribution in [0.5, 0.6) is 5.75 Å². The number of benzene rings is 2. The lowest BCUT2D eigenvalue weighted by atomic mass is 10.2. The molecule has 0 aliphatic carbocycles. The first-order chi connectivity index (χ1) is 12.1. The molecular formula is C18H15FN2O4. The summed E-state index contributed by atoms with van der Waals surface area (Å²) in [6, 6.07) is 13.9. The third-order valence-electron chi connectivity index (χ3n) is 3.11. The van der Waals surface area contributed by atoms with E-state index in [1.165, 1.54) is 12.1 Å². The SMILES string of the molecule is N#Cc1ccc(OCC(=O)OCC(=O)NCc2ccc(F)cc2)cc1. The number of nitrogens with zero attached hydrogens (tertiary/aromatic N) is 1. The highest BCUT2D eigenvalue weighted by Gasteiger charge is 2.08. The van der Waals surface area contributed by atoms with Crippen LogP contribution < -0.4 is 10.1 Å². The largest absolute Gasteiger partial charge is 0.482 e. The summed E-state index contributed by atoms with van der Waals surface area (Å²) in [5.74, 6) is -1.11. The van der Waals surface area contributed by atoms with Gasteiger partial charge in [0.2, 0.25) is 0 Å². The van der Waals surface area contributed by atoms with Gasteiger partial charge in [0.25, 0.3) is 5.91 Å². The highest BCUT2D eigenvalue weighted by molar-refractivity contribution is 5.80. The summed E-state index contributed by atoms with van der Waals surface area (Å²) < 4.78 is 22.7. The van der Waals surface area contributed by atoms with Gasteiger partial charge in [-0.2, -0.15) is 5.26 Å². The monoisotopic (exact) mass is 342 g/mol. The van der Waals surface area contributed by atoms with Gasteiger partial charge in [-0.25, -0.2) is 9.18 Å². The Kier molecular flexibility index (Phi) is 6.48. The molecule has 0 atom stereocenters. The minimum atomic E-state index is -0.693. The normalized spacial score (nSPS) is 9.76. The van der Waals surface area contributed by atoms with Crippen molar-refractivity contribution in [1.82, 2.24) is 5.32 Å². The van der Waals surface area contributed by atoms with E-state index < -0.39 is 18.5 Å². The van der Waals surface area contributed by atoms with Gasteiger partial charge in [0, 0.05) is 6.54 Å². The van der Waals surface area contributed by atoms with Crippen molar-refractivity contribution in [3.05, 3.63) is 65.5 Å². The van der Waals surface area contributed by atoms with E-state index in [2.05, 4.69) is 5.32 Å². The summed E-state index contributed by atoms with van der Waals surface area (Å²) in [4.78, 5) is 23.1. The average Bonchev–Trinajstić information content (AvgIpc) is 2.64. The molecule has 2 aromatic rings. The molecule has 6 nitrogen and oxygen atoms in total. The van der Waals surface area contributed by atoms with Crippen molar-refractivity contribution < 1.29 is 23.5 Å². The number of amides is 1. The maximum absolute atomic E-state index is 12.8. The number of nitrogens with one attached hydrogen (secondary N) is 1. The zero-order valence-electron chi connectivity index (χ0n) is 13.2. The number of halogens is 1. The Hall–Kier alpha value is -3.40. The summed E-state index contributed by atoms with van der Waals surface area (Å²) >= 11 is 0. The van der Waals surface area contributed by atoms with E-state index in [9.17, 15) is 14.0 Å². The van der Waals surface area contributed by atoms with Gasteiger partial charge in [0.15, 0.2) is 13.2 Å². The van der Waals surface area contributed by atoms with Crippen LogP contribution in [0.4, 0.5) is 4.39 Å². The number of nitriles is 1. The molecule has 0 spiro atoms. The maximum Gasteiger partial charge on any atom is 0.344 e. The number of esters is 1. The first kappa shape index (κ1) is 17.9. The van der Waals surface area contributed by atoms with Gasteiger partial charge in [-0.1, -0.05) is 12.1 Å². The molecule has 0 fully saturated rings. The smallest absolute Gasteiger partial charge is 0.344 e. The minimum Gasteiger partial charge on any atom is -0.482 e. The Labute approximate surface area is 143 Å². The molecule has 0 saturated heterocycles. The fraction of sp³-hybridized carbons (Fsp3) is 0.167. The molecule has 25 heavy (non-hydrogen) atoms. The van der Waals surface area contributed by atoms with Crippen molar-refractivity contribution in [2.75, 3.05) is 13.2 Å². The zero-order chi connectivity index (χ0) is 18.1. The maximum atomic E-state index is 12.8. The van der Waals surface area contributed by atoms with Crippen LogP contribution in [0.3, 0.4) is 0 Å². The molecule has 0 aliphatic heterocycles. The first-order valence-electron chi connectivity index (χ1n) is 7.36. The number of hydrogen-bond acceptors (Lipinski definition) is 5. The third-order valence-corrected chi connectivity index (χ3v) is 3.11. The van der Waals surface area contributed by atoms with Crippen molar-refractivity contribution in [2.45, 2.75) is 6.54 Å². The lowest BCUT2D eigenvalue weighted by Crippen LogP contribution is -2.29. The fourth-order valence-corrected chi connectivity index (χ4v) is 1.81. The summed E-state index contributed by atoms with van der Waals surface area (Å²) in [6.45, 7) is -0.577. The van der Waals surface area contributed by atoms with Crippen LogP contribution in [-0.4, -0.2) is 25.1 Å². The van der Waals surface area contributed by atoms with E-state index in [0.717, 1.165) is 5.56 Å². The van der Waals surface area contributed by atoms with Crippen molar-refractivity contribution in [2.24, 2.45) is 0 Å². The Morgan fingerprint density at radius 1 is 1.04 bits per heavy atom. The Morgan fingerprint density at radius 2 is 1.72 bits per heavy atom. The summed E-state index contributed by atoms with van der Waals surface area (Å²) in [6.07, 6.45) is 0. The molecule has 2 rings (SSSR count). The molecule has 0 aliphatic rings. The summed E-state index contributed by atoms with van der Waals surface area (Å²) in [5.41, 5.74) is 1.21. The molecule has 0 saturated carbocycles.